The molecule has 0 fully saturated rings. The van der Waals surface area contributed by atoms with E-state index in [2.05, 4.69) is 21.2 Å². The molecule has 2 rings (SSSR count). The molecule has 0 saturated heterocycles. The van der Waals surface area contributed by atoms with E-state index < -0.39 is 23.1 Å². The number of para-hydroxylation sites is 1. The molecule has 0 aliphatic carbocycles. The van der Waals surface area contributed by atoms with E-state index in [0.29, 0.717) is 0 Å². The van der Waals surface area contributed by atoms with Gasteiger partial charge in [0.15, 0.2) is 0 Å². The lowest BCUT2D eigenvalue weighted by Gasteiger charge is -2.11. The molecule has 0 saturated carbocycles. The normalized spacial score (nSPS) is 10.4. The van der Waals surface area contributed by atoms with Gasteiger partial charge in [0.25, 0.3) is 5.91 Å². The average molecular weight is 362 g/mol. The lowest BCUT2D eigenvalue weighted by Crippen LogP contribution is -2.17. The predicted octanol–water partition coefficient (Wildman–Crippen LogP) is 4.22. The van der Waals surface area contributed by atoms with Gasteiger partial charge in [-0.1, -0.05) is 33.6 Å². The van der Waals surface area contributed by atoms with E-state index in [1.807, 2.05) is 0 Å². The minimum absolute atomic E-state index is 0.112. The van der Waals surface area contributed by atoms with Gasteiger partial charge in [-0.2, -0.15) is 0 Å². The summed E-state index contributed by atoms with van der Waals surface area (Å²) in [6.45, 7) is 0. The maximum atomic E-state index is 13.7. The first-order valence-corrected chi connectivity index (χ1v) is 6.57. The van der Waals surface area contributed by atoms with Crippen molar-refractivity contribution in [3.05, 3.63) is 57.0 Å². The van der Waals surface area contributed by atoms with Gasteiger partial charge in [-0.15, -0.1) is 0 Å². The highest BCUT2D eigenvalue weighted by atomic mass is 79.9. The van der Waals surface area contributed by atoms with E-state index >= 15 is 0 Å². The summed E-state index contributed by atoms with van der Waals surface area (Å²) in [6, 6.07) is 6.59. The Morgan fingerprint density at radius 1 is 1.25 bits per heavy atom. The molecule has 2 aromatic carbocycles. The minimum Gasteiger partial charge on any atom is -0.397 e. The van der Waals surface area contributed by atoms with Crippen molar-refractivity contribution < 1.29 is 13.6 Å². The van der Waals surface area contributed by atoms with Gasteiger partial charge in [0, 0.05) is 4.47 Å². The number of nitrogen functional groups attached to an aromatic ring is 1. The van der Waals surface area contributed by atoms with Crippen LogP contribution in [0, 0.1) is 11.6 Å². The van der Waals surface area contributed by atoms with Gasteiger partial charge >= 0.3 is 0 Å². The summed E-state index contributed by atoms with van der Waals surface area (Å²) in [5, 5.41) is 2.48. The van der Waals surface area contributed by atoms with Crippen LogP contribution in [0.25, 0.3) is 0 Å². The fourth-order valence-corrected chi connectivity index (χ4v) is 2.24. The summed E-state index contributed by atoms with van der Waals surface area (Å²) in [5.41, 5.74) is 5.26. The first-order chi connectivity index (χ1) is 9.40. The number of hydrogen-bond donors (Lipinski definition) is 2. The number of amides is 1. The second-order valence-electron chi connectivity index (χ2n) is 3.90. The van der Waals surface area contributed by atoms with Gasteiger partial charge in [-0.25, -0.2) is 8.78 Å². The quantitative estimate of drug-likeness (QED) is 0.787. The van der Waals surface area contributed by atoms with Crippen LogP contribution in [0.3, 0.4) is 0 Å². The molecule has 0 bridgehead atoms. The Labute approximate surface area is 126 Å². The second-order valence-corrected chi connectivity index (χ2v) is 5.23. The molecular weight excluding hydrogens is 354 g/mol. The van der Waals surface area contributed by atoms with Crippen LogP contribution in [0.15, 0.2) is 34.8 Å². The molecule has 0 unspecified atom stereocenters. The van der Waals surface area contributed by atoms with Crippen LogP contribution in [0.5, 0.6) is 0 Å². The average Bonchev–Trinajstić information content (AvgIpc) is 2.32. The zero-order chi connectivity index (χ0) is 14.9. The highest BCUT2D eigenvalue weighted by molar-refractivity contribution is 9.10. The molecule has 0 aliphatic heterocycles. The van der Waals surface area contributed by atoms with Crippen molar-refractivity contribution >= 4 is 44.8 Å². The molecule has 3 nitrogen and oxygen atoms in total. The molecule has 20 heavy (non-hydrogen) atoms. The molecule has 0 heterocycles. The van der Waals surface area contributed by atoms with Crippen molar-refractivity contribution in [1.29, 1.82) is 0 Å². The summed E-state index contributed by atoms with van der Waals surface area (Å²) in [7, 11) is 0. The number of rotatable bonds is 2. The third kappa shape index (κ3) is 2.91. The van der Waals surface area contributed by atoms with Crippen molar-refractivity contribution in [2.45, 2.75) is 0 Å². The second kappa shape index (κ2) is 5.76. The lowest BCUT2D eigenvalue weighted by atomic mass is 10.1. The Balaban J connectivity index is 2.39. The van der Waals surface area contributed by atoms with Crippen molar-refractivity contribution in [1.82, 2.24) is 0 Å². The molecule has 0 aromatic heterocycles. The number of nitrogens with two attached hydrogens (primary N) is 1. The molecular formula is C13H8BrClF2N2O. The van der Waals surface area contributed by atoms with Crippen molar-refractivity contribution in [2.75, 3.05) is 11.1 Å². The highest BCUT2D eigenvalue weighted by Crippen LogP contribution is 2.29. The topological polar surface area (TPSA) is 55.1 Å². The van der Waals surface area contributed by atoms with E-state index in [9.17, 15) is 13.6 Å². The zero-order valence-electron chi connectivity index (χ0n) is 9.88. The Kier molecular flexibility index (Phi) is 4.25. The third-order valence-electron chi connectivity index (χ3n) is 2.52. The maximum Gasteiger partial charge on any atom is 0.261 e. The van der Waals surface area contributed by atoms with Gasteiger partial charge < -0.3 is 11.1 Å². The molecule has 7 heteroatoms. The van der Waals surface area contributed by atoms with E-state index in [-0.39, 0.29) is 20.9 Å². The molecule has 0 atom stereocenters. The molecule has 2 aromatic rings. The molecule has 3 N–H and O–H groups in total. The molecule has 0 spiro atoms. The summed E-state index contributed by atoms with van der Waals surface area (Å²) in [5.74, 6) is -2.94. The van der Waals surface area contributed by atoms with Crippen LogP contribution >= 0.6 is 27.5 Å². The number of nitrogens with one attached hydrogen (secondary N) is 1. The highest BCUT2D eigenvalue weighted by Gasteiger charge is 2.20. The summed E-state index contributed by atoms with van der Waals surface area (Å²) in [6.07, 6.45) is 0. The molecule has 0 radical (unpaired) electrons. The van der Waals surface area contributed by atoms with Crippen LogP contribution in [-0.4, -0.2) is 5.91 Å². The standard InChI is InChI=1S/C13H8BrClF2N2O/c14-6-4-8(16)11(9(17)5-6)13(20)19-12-7(15)2-1-3-10(12)18/h1-5H,18H2,(H,19,20). The van der Waals surface area contributed by atoms with Crippen LogP contribution < -0.4 is 11.1 Å². The molecule has 1 amide bonds. The van der Waals surface area contributed by atoms with Gasteiger partial charge in [-0.05, 0) is 24.3 Å². The van der Waals surface area contributed by atoms with Crippen LogP contribution in [0.1, 0.15) is 10.4 Å². The summed E-state index contributed by atoms with van der Waals surface area (Å²) >= 11 is 8.81. The number of benzene rings is 2. The minimum atomic E-state index is -0.986. The largest absolute Gasteiger partial charge is 0.397 e. The van der Waals surface area contributed by atoms with E-state index in [4.69, 9.17) is 17.3 Å². The first-order valence-electron chi connectivity index (χ1n) is 5.40. The van der Waals surface area contributed by atoms with Gasteiger partial charge in [0.05, 0.1) is 16.4 Å². The Bertz CT molecular complexity index is 651. The van der Waals surface area contributed by atoms with E-state index in [0.717, 1.165) is 12.1 Å². The molecule has 0 aliphatic rings. The van der Waals surface area contributed by atoms with Crippen molar-refractivity contribution in [3.8, 4) is 0 Å². The van der Waals surface area contributed by atoms with Gasteiger partial charge in [0.2, 0.25) is 0 Å². The number of anilines is 2. The maximum absolute atomic E-state index is 13.7. The third-order valence-corrected chi connectivity index (χ3v) is 3.29. The smallest absolute Gasteiger partial charge is 0.261 e. The SMILES string of the molecule is Nc1cccc(Cl)c1NC(=O)c1c(F)cc(Br)cc1F. The predicted molar refractivity (Wildman–Crippen MR) is 77.9 cm³/mol. The number of carbonyl (C=O) groups excluding carboxylic acids is 1. The van der Waals surface area contributed by atoms with Crippen molar-refractivity contribution in [2.24, 2.45) is 0 Å². The Hall–Kier alpha value is -1.66. The fourth-order valence-electron chi connectivity index (χ4n) is 1.61. The number of halogens is 4. The number of carbonyl (C=O) groups is 1. The van der Waals surface area contributed by atoms with E-state index in [1.165, 1.54) is 12.1 Å². The first kappa shape index (κ1) is 14.7. The summed E-state index contributed by atoms with van der Waals surface area (Å²) in [4.78, 5) is 12.0. The summed E-state index contributed by atoms with van der Waals surface area (Å²) < 4.78 is 27.5. The molecule has 104 valence electrons. The van der Waals surface area contributed by atoms with E-state index in [1.54, 1.807) is 6.07 Å². The Morgan fingerprint density at radius 3 is 2.40 bits per heavy atom. The van der Waals surface area contributed by atoms with Crippen molar-refractivity contribution in [3.63, 3.8) is 0 Å². The zero-order valence-corrected chi connectivity index (χ0v) is 12.2. The van der Waals surface area contributed by atoms with Crippen LogP contribution in [0.2, 0.25) is 5.02 Å². The Morgan fingerprint density at radius 2 is 1.85 bits per heavy atom. The number of hydrogen-bond acceptors (Lipinski definition) is 2. The van der Waals surface area contributed by atoms with Gasteiger partial charge in [0.1, 0.15) is 17.2 Å². The lowest BCUT2D eigenvalue weighted by molar-refractivity contribution is 0.101. The van der Waals surface area contributed by atoms with Crippen LogP contribution in [0.4, 0.5) is 20.2 Å². The monoisotopic (exact) mass is 360 g/mol. The fraction of sp³-hybridized carbons (Fsp3) is 0. The van der Waals surface area contributed by atoms with Crippen LogP contribution in [-0.2, 0) is 0 Å². The van der Waals surface area contributed by atoms with Gasteiger partial charge in [-0.3, -0.25) is 4.79 Å².